The van der Waals surface area contributed by atoms with E-state index in [9.17, 15) is 9.59 Å². The summed E-state index contributed by atoms with van der Waals surface area (Å²) in [5.41, 5.74) is 0.860. The fraction of sp³-hybridized carbons (Fsp3) is 0.0769. The topological polar surface area (TPSA) is 94.8 Å². The van der Waals surface area contributed by atoms with E-state index in [-0.39, 0.29) is 11.2 Å². The van der Waals surface area contributed by atoms with Gasteiger partial charge in [-0.1, -0.05) is 18.2 Å². The summed E-state index contributed by atoms with van der Waals surface area (Å²) >= 11 is 0. The first kappa shape index (κ1) is 12.1. The highest BCUT2D eigenvalue weighted by Gasteiger charge is 2.11. The van der Waals surface area contributed by atoms with Crippen molar-refractivity contribution in [3.63, 3.8) is 0 Å². The minimum absolute atomic E-state index is 0.0784. The predicted octanol–water partition coefficient (Wildman–Crippen LogP) is 2.04. The first-order valence-electron chi connectivity index (χ1n) is 5.96. The number of aryl methyl sites for hydroxylation is 1. The molecule has 1 aromatic carbocycles. The van der Waals surface area contributed by atoms with Crippen LogP contribution in [0.3, 0.4) is 0 Å². The van der Waals surface area contributed by atoms with E-state index < -0.39 is 5.56 Å². The van der Waals surface area contributed by atoms with Gasteiger partial charge in [0.05, 0.1) is 5.69 Å². The molecule has 3 rings (SSSR count). The van der Waals surface area contributed by atoms with Crippen LogP contribution in [0.4, 0.5) is 11.4 Å². The van der Waals surface area contributed by atoms with Crippen LogP contribution >= 0.6 is 0 Å². The van der Waals surface area contributed by atoms with Crippen molar-refractivity contribution in [2.24, 2.45) is 10.2 Å². The highest BCUT2D eigenvalue weighted by Crippen LogP contribution is 2.17. The minimum Gasteiger partial charge on any atom is -0.342 e. The number of H-pyrrole nitrogens is 2. The summed E-state index contributed by atoms with van der Waals surface area (Å²) in [6.07, 6.45) is 0. The largest absolute Gasteiger partial charge is 0.342 e. The summed E-state index contributed by atoms with van der Waals surface area (Å²) < 4.78 is 1.12. The van der Waals surface area contributed by atoms with Gasteiger partial charge < -0.3 is 4.98 Å². The van der Waals surface area contributed by atoms with Crippen molar-refractivity contribution in [1.82, 2.24) is 14.6 Å². The second-order valence-electron chi connectivity index (χ2n) is 4.30. The lowest BCUT2D eigenvalue weighted by molar-refractivity contribution is 0.875. The zero-order valence-corrected chi connectivity index (χ0v) is 10.6. The SMILES string of the molecule is Cc1cc(=O)n2[nH]c(=O)c(N=Nc3ccccc3)c2[nH]1. The van der Waals surface area contributed by atoms with Crippen LogP contribution in [0.25, 0.3) is 5.65 Å². The Kier molecular flexibility index (Phi) is 2.79. The van der Waals surface area contributed by atoms with Gasteiger partial charge in [0, 0.05) is 11.8 Å². The number of hydrogen-bond donors (Lipinski definition) is 2. The number of benzene rings is 1. The van der Waals surface area contributed by atoms with E-state index in [1.54, 1.807) is 19.1 Å². The Bertz CT molecular complexity index is 902. The number of rotatable bonds is 2. The van der Waals surface area contributed by atoms with Crippen molar-refractivity contribution in [1.29, 1.82) is 0 Å². The quantitative estimate of drug-likeness (QED) is 0.696. The molecule has 0 saturated heterocycles. The van der Waals surface area contributed by atoms with E-state index in [4.69, 9.17) is 0 Å². The van der Waals surface area contributed by atoms with E-state index in [0.29, 0.717) is 17.0 Å². The maximum absolute atomic E-state index is 11.8. The Morgan fingerprint density at radius 1 is 1.10 bits per heavy atom. The Morgan fingerprint density at radius 3 is 2.60 bits per heavy atom. The number of nitrogens with one attached hydrogen (secondary N) is 2. The van der Waals surface area contributed by atoms with Gasteiger partial charge in [0.1, 0.15) is 0 Å². The third-order valence-electron chi connectivity index (χ3n) is 2.77. The van der Waals surface area contributed by atoms with E-state index in [1.165, 1.54) is 6.07 Å². The molecule has 0 unspecified atom stereocenters. The van der Waals surface area contributed by atoms with Crippen LogP contribution in [0.2, 0.25) is 0 Å². The number of aromatic nitrogens is 3. The first-order chi connectivity index (χ1) is 9.65. The Hall–Kier alpha value is -2.96. The molecule has 3 aromatic rings. The predicted molar refractivity (Wildman–Crippen MR) is 74.0 cm³/mol. The molecule has 7 heteroatoms. The highest BCUT2D eigenvalue weighted by atomic mass is 16.1. The lowest BCUT2D eigenvalue weighted by atomic mass is 10.3. The lowest BCUT2D eigenvalue weighted by Gasteiger charge is -1.96. The van der Waals surface area contributed by atoms with E-state index in [0.717, 1.165) is 4.52 Å². The minimum atomic E-state index is -0.469. The molecule has 0 aliphatic carbocycles. The summed E-state index contributed by atoms with van der Waals surface area (Å²) in [6.45, 7) is 1.73. The van der Waals surface area contributed by atoms with Gasteiger partial charge in [-0.25, -0.2) is 0 Å². The second-order valence-corrected chi connectivity index (χ2v) is 4.30. The van der Waals surface area contributed by atoms with E-state index >= 15 is 0 Å². The van der Waals surface area contributed by atoms with Gasteiger partial charge in [0.25, 0.3) is 11.1 Å². The summed E-state index contributed by atoms with van der Waals surface area (Å²) in [6, 6.07) is 10.4. The number of aromatic amines is 2. The van der Waals surface area contributed by atoms with Crippen LogP contribution in [-0.4, -0.2) is 14.6 Å². The van der Waals surface area contributed by atoms with Gasteiger partial charge in [-0.15, -0.1) is 5.11 Å². The van der Waals surface area contributed by atoms with Crippen molar-refractivity contribution >= 4 is 17.0 Å². The lowest BCUT2D eigenvalue weighted by Crippen LogP contribution is -2.15. The van der Waals surface area contributed by atoms with Crippen LogP contribution in [0.1, 0.15) is 5.69 Å². The first-order valence-corrected chi connectivity index (χ1v) is 5.96. The number of fused-ring (bicyclic) bond motifs is 1. The van der Waals surface area contributed by atoms with Crippen molar-refractivity contribution < 1.29 is 0 Å². The molecular weight excluding hydrogens is 258 g/mol. The van der Waals surface area contributed by atoms with Crippen molar-refractivity contribution in [3.8, 4) is 0 Å². The monoisotopic (exact) mass is 269 g/mol. The summed E-state index contributed by atoms with van der Waals surface area (Å²) in [4.78, 5) is 26.5. The molecule has 0 aliphatic rings. The molecule has 0 amide bonds. The van der Waals surface area contributed by atoms with E-state index in [1.807, 2.05) is 18.2 Å². The molecule has 0 radical (unpaired) electrons. The maximum atomic E-state index is 11.8. The smallest absolute Gasteiger partial charge is 0.294 e. The third-order valence-corrected chi connectivity index (χ3v) is 2.77. The molecule has 20 heavy (non-hydrogen) atoms. The molecule has 2 aromatic heterocycles. The Balaban J connectivity index is 2.17. The zero-order chi connectivity index (χ0) is 14.1. The molecule has 2 heterocycles. The Labute approximate surface area is 112 Å². The number of azo groups is 1. The Morgan fingerprint density at radius 2 is 1.85 bits per heavy atom. The molecule has 0 saturated carbocycles. The van der Waals surface area contributed by atoms with Crippen molar-refractivity contribution in [3.05, 3.63) is 62.8 Å². The van der Waals surface area contributed by atoms with Crippen LogP contribution in [-0.2, 0) is 0 Å². The molecule has 0 spiro atoms. The normalized spacial score (nSPS) is 11.4. The summed E-state index contributed by atoms with van der Waals surface area (Å²) in [5.74, 6) is 0. The van der Waals surface area contributed by atoms with Gasteiger partial charge >= 0.3 is 0 Å². The van der Waals surface area contributed by atoms with Crippen molar-refractivity contribution in [2.75, 3.05) is 0 Å². The molecule has 0 aliphatic heterocycles. The second kappa shape index (κ2) is 4.61. The van der Waals surface area contributed by atoms with Crippen molar-refractivity contribution in [2.45, 2.75) is 6.92 Å². The zero-order valence-electron chi connectivity index (χ0n) is 10.6. The molecule has 0 fully saturated rings. The molecule has 100 valence electrons. The molecular formula is C13H11N5O2. The van der Waals surface area contributed by atoms with Crippen LogP contribution in [0.15, 0.2) is 56.2 Å². The molecule has 0 atom stereocenters. The van der Waals surface area contributed by atoms with Gasteiger partial charge in [0.2, 0.25) is 0 Å². The average Bonchev–Trinajstić information content (AvgIpc) is 2.74. The molecule has 0 bridgehead atoms. The molecule has 7 nitrogen and oxygen atoms in total. The fourth-order valence-electron chi connectivity index (χ4n) is 1.87. The molecule has 2 N–H and O–H groups in total. The van der Waals surface area contributed by atoms with Gasteiger partial charge in [-0.3, -0.25) is 14.7 Å². The van der Waals surface area contributed by atoms with E-state index in [2.05, 4.69) is 20.3 Å². The number of hydrogen-bond acceptors (Lipinski definition) is 4. The number of nitrogens with zero attached hydrogens (tertiary/aromatic N) is 3. The van der Waals surface area contributed by atoms with Crippen LogP contribution in [0, 0.1) is 6.92 Å². The van der Waals surface area contributed by atoms with Gasteiger partial charge in [0.15, 0.2) is 11.3 Å². The fourth-order valence-corrected chi connectivity index (χ4v) is 1.87. The maximum Gasteiger partial charge on any atom is 0.294 e. The summed E-state index contributed by atoms with van der Waals surface area (Å²) in [7, 11) is 0. The van der Waals surface area contributed by atoms with Crippen LogP contribution < -0.4 is 11.1 Å². The third kappa shape index (κ3) is 2.05. The highest BCUT2D eigenvalue weighted by molar-refractivity contribution is 5.62. The average molecular weight is 269 g/mol. The van der Waals surface area contributed by atoms with Crippen LogP contribution in [0.5, 0.6) is 0 Å². The van der Waals surface area contributed by atoms with Gasteiger partial charge in [-0.05, 0) is 19.1 Å². The standard InChI is InChI=1S/C13H11N5O2/c1-8-7-10(19)18-12(14-8)11(13(20)17-18)16-15-9-5-3-2-4-6-9/h2-7,14H,1H3,(H,17,20). The van der Waals surface area contributed by atoms with Gasteiger partial charge in [-0.2, -0.15) is 9.63 Å². The summed E-state index contributed by atoms with van der Waals surface area (Å²) in [5, 5.41) is 10.3.